The molecule has 1 aromatic rings. The summed E-state index contributed by atoms with van der Waals surface area (Å²) in [6.45, 7) is 8.65. The van der Waals surface area contributed by atoms with Crippen LogP contribution in [0.25, 0.3) is 0 Å². The van der Waals surface area contributed by atoms with E-state index in [0.29, 0.717) is 13.0 Å². The summed E-state index contributed by atoms with van der Waals surface area (Å²) in [6, 6.07) is 6.33. The van der Waals surface area contributed by atoms with Crippen LogP contribution in [-0.4, -0.2) is 23.9 Å². The number of benzene rings is 1. The maximum atomic E-state index is 9.99. The van der Waals surface area contributed by atoms with Gasteiger partial charge in [0.2, 0.25) is 0 Å². The molecule has 0 aliphatic carbocycles. The van der Waals surface area contributed by atoms with Crippen molar-refractivity contribution in [2.24, 2.45) is 0 Å². The first-order valence-electron chi connectivity index (χ1n) is 5.90. The first-order valence-corrected chi connectivity index (χ1v) is 5.90. The highest BCUT2D eigenvalue weighted by Crippen LogP contribution is 2.15. The van der Waals surface area contributed by atoms with Gasteiger partial charge in [-0.05, 0) is 38.8 Å². The maximum Gasteiger partial charge on any atom is 0.0839 e. The molecule has 2 heteroatoms. The second-order valence-electron chi connectivity index (χ2n) is 4.36. The Morgan fingerprint density at radius 2 is 2.00 bits per heavy atom. The van der Waals surface area contributed by atoms with E-state index in [9.17, 15) is 5.11 Å². The molecule has 0 aliphatic rings. The lowest BCUT2D eigenvalue weighted by atomic mass is 9.98. The van der Waals surface area contributed by atoms with Gasteiger partial charge in [-0.25, -0.2) is 0 Å². The van der Waals surface area contributed by atoms with Crippen LogP contribution in [0.2, 0.25) is 0 Å². The number of hydrogen-bond acceptors (Lipinski definition) is 2. The quantitative estimate of drug-likeness (QED) is 0.830. The lowest BCUT2D eigenvalue weighted by molar-refractivity contribution is -0.0208. The second kappa shape index (κ2) is 6.02. The van der Waals surface area contributed by atoms with Crippen molar-refractivity contribution < 1.29 is 9.84 Å². The SMILES string of the molecule is CCOC(C)C(O)Cc1cc(C)ccc1C. The smallest absolute Gasteiger partial charge is 0.0839 e. The van der Waals surface area contributed by atoms with Gasteiger partial charge in [0.15, 0.2) is 0 Å². The number of hydrogen-bond donors (Lipinski definition) is 1. The van der Waals surface area contributed by atoms with Gasteiger partial charge in [-0.1, -0.05) is 23.8 Å². The van der Waals surface area contributed by atoms with Gasteiger partial charge in [0.05, 0.1) is 12.2 Å². The molecule has 1 N–H and O–H groups in total. The summed E-state index contributed by atoms with van der Waals surface area (Å²) in [6.07, 6.45) is 0.125. The minimum absolute atomic E-state index is 0.107. The number of aliphatic hydroxyl groups excluding tert-OH is 1. The number of ether oxygens (including phenoxy) is 1. The fourth-order valence-corrected chi connectivity index (χ4v) is 1.79. The van der Waals surface area contributed by atoms with E-state index >= 15 is 0 Å². The molecule has 2 atom stereocenters. The highest BCUT2D eigenvalue weighted by molar-refractivity contribution is 5.31. The Balaban J connectivity index is 2.68. The molecule has 0 aromatic heterocycles. The standard InChI is InChI=1S/C14H22O2/c1-5-16-12(4)14(15)9-13-8-10(2)6-7-11(13)3/h6-8,12,14-15H,5,9H2,1-4H3. The zero-order chi connectivity index (χ0) is 12.1. The Morgan fingerprint density at radius 3 is 2.62 bits per heavy atom. The van der Waals surface area contributed by atoms with Crippen LogP contribution in [0, 0.1) is 13.8 Å². The van der Waals surface area contributed by atoms with Crippen molar-refractivity contribution >= 4 is 0 Å². The van der Waals surface area contributed by atoms with Crippen LogP contribution >= 0.6 is 0 Å². The highest BCUT2D eigenvalue weighted by atomic mass is 16.5. The van der Waals surface area contributed by atoms with Crippen LogP contribution in [0.3, 0.4) is 0 Å². The van der Waals surface area contributed by atoms with Crippen LogP contribution in [0.4, 0.5) is 0 Å². The van der Waals surface area contributed by atoms with Crippen molar-refractivity contribution in [1.29, 1.82) is 0 Å². The van der Waals surface area contributed by atoms with E-state index in [1.807, 2.05) is 13.8 Å². The van der Waals surface area contributed by atoms with Gasteiger partial charge >= 0.3 is 0 Å². The summed E-state index contributed by atoms with van der Waals surface area (Å²) >= 11 is 0. The molecule has 0 amide bonds. The Kier molecular flexibility index (Phi) is 4.97. The Morgan fingerprint density at radius 1 is 1.31 bits per heavy atom. The molecule has 2 nitrogen and oxygen atoms in total. The van der Waals surface area contributed by atoms with E-state index in [2.05, 4.69) is 32.0 Å². The van der Waals surface area contributed by atoms with Crippen LogP contribution < -0.4 is 0 Å². The molecule has 0 radical (unpaired) electrons. The van der Waals surface area contributed by atoms with Crippen LogP contribution in [0.1, 0.15) is 30.5 Å². The lowest BCUT2D eigenvalue weighted by Gasteiger charge is -2.19. The molecule has 1 rings (SSSR count). The topological polar surface area (TPSA) is 29.5 Å². The maximum absolute atomic E-state index is 9.99. The van der Waals surface area contributed by atoms with Gasteiger partial charge in [0.25, 0.3) is 0 Å². The average Bonchev–Trinajstić information content (AvgIpc) is 2.23. The summed E-state index contributed by atoms with van der Waals surface area (Å²) in [7, 11) is 0. The van der Waals surface area contributed by atoms with E-state index in [4.69, 9.17) is 4.74 Å². The van der Waals surface area contributed by atoms with Crippen molar-refractivity contribution in [3.8, 4) is 0 Å². The van der Waals surface area contributed by atoms with Crippen LogP contribution in [0.5, 0.6) is 0 Å². The Hall–Kier alpha value is -0.860. The predicted octanol–water partition coefficient (Wildman–Crippen LogP) is 2.63. The molecule has 90 valence electrons. The van der Waals surface area contributed by atoms with Crippen molar-refractivity contribution in [1.82, 2.24) is 0 Å². The van der Waals surface area contributed by atoms with Crippen LogP contribution in [-0.2, 0) is 11.2 Å². The normalized spacial score (nSPS) is 14.8. The van der Waals surface area contributed by atoms with Crippen molar-refractivity contribution in [3.05, 3.63) is 34.9 Å². The molecule has 16 heavy (non-hydrogen) atoms. The van der Waals surface area contributed by atoms with E-state index in [-0.39, 0.29) is 6.10 Å². The van der Waals surface area contributed by atoms with Crippen molar-refractivity contribution in [2.45, 2.75) is 46.3 Å². The van der Waals surface area contributed by atoms with E-state index in [0.717, 1.165) is 0 Å². The Bertz CT molecular complexity index is 334. The molecule has 0 aliphatic heterocycles. The van der Waals surface area contributed by atoms with E-state index < -0.39 is 6.10 Å². The molecule has 0 fully saturated rings. The zero-order valence-corrected chi connectivity index (χ0v) is 10.7. The zero-order valence-electron chi connectivity index (χ0n) is 10.7. The third kappa shape index (κ3) is 3.62. The van der Waals surface area contributed by atoms with Gasteiger partial charge in [-0.3, -0.25) is 0 Å². The predicted molar refractivity (Wildman–Crippen MR) is 66.7 cm³/mol. The Labute approximate surface area is 98.3 Å². The van der Waals surface area contributed by atoms with Gasteiger partial charge in [-0.15, -0.1) is 0 Å². The second-order valence-corrected chi connectivity index (χ2v) is 4.36. The molecule has 2 unspecified atom stereocenters. The summed E-state index contributed by atoms with van der Waals surface area (Å²) in [5, 5.41) is 9.99. The first-order chi connectivity index (χ1) is 7.54. The van der Waals surface area contributed by atoms with Gasteiger partial charge < -0.3 is 9.84 Å². The molecule has 0 heterocycles. The van der Waals surface area contributed by atoms with Gasteiger partial charge in [-0.2, -0.15) is 0 Å². The summed E-state index contributed by atoms with van der Waals surface area (Å²) in [4.78, 5) is 0. The van der Waals surface area contributed by atoms with Crippen molar-refractivity contribution in [3.63, 3.8) is 0 Å². The molecule has 0 saturated carbocycles. The van der Waals surface area contributed by atoms with Gasteiger partial charge in [0.1, 0.15) is 0 Å². The fourth-order valence-electron chi connectivity index (χ4n) is 1.79. The molecule has 0 spiro atoms. The highest BCUT2D eigenvalue weighted by Gasteiger charge is 2.15. The molecular weight excluding hydrogens is 200 g/mol. The number of aliphatic hydroxyl groups is 1. The first kappa shape index (κ1) is 13.2. The largest absolute Gasteiger partial charge is 0.390 e. The van der Waals surface area contributed by atoms with Crippen LogP contribution in [0.15, 0.2) is 18.2 Å². The lowest BCUT2D eigenvalue weighted by Crippen LogP contribution is -2.28. The summed E-state index contributed by atoms with van der Waals surface area (Å²) in [5.41, 5.74) is 3.67. The number of aryl methyl sites for hydroxylation is 2. The van der Waals surface area contributed by atoms with Gasteiger partial charge in [0, 0.05) is 13.0 Å². The number of rotatable bonds is 5. The monoisotopic (exact) mass is 222 g/mol. The van der Waals surface area contributed by atoms with Crippen molar-refractivity contribution in [2.75, 3.05) is 6.61 Å². The fraction of sp³-hybridized carbons (Fsp3) is 0.571. The third-order valence-corrected chi connectivity index (χ3v) is 2.91. The minimum atomic E-state index is -0.430. The average molecular weight is 222 g/mol. The van der Waals surface area contributed by atoms with E-state index in [1.54, 1.807) is 0 Å². The molecular formula is C14H22O2. The third-order valence-electron chi connectivity index (χ3n) is 2.91. The summed E-state index contributed by atoms with van der Waals surface area (Å²) < 4.78 is 5.40. The summed E-state index contributed by atoms with van der Waals surface area (Å²) in [5.74, 6) is 0. The molecule has 0 saturated heterocycles. The molecule has 1 aromatic carbocycles. The van der Waals surface area contributed by atoms with E-state index in [1.165, 1.54) is 16.7 Å². The minimum Gasteiger partial charge on any atom is -0.390 e. The molecule has 0 bridgehead atoms.